The van der Waals surface area contributed by atoms with Gasteiger partial charge in [-0.1, -0.05) is 0 Å². The molecule has 0 aromatic heterocycles. The number of hydrogen-bond donors (Lipinski definition) is 2. The van der Waals surface area contributed by atoms with Gasteiger partial charge in [0, 0.05) is 13.0 Å². The number of hydrogen-bond acceptors (Lipinski definition) is 3. The monoisotopic (exact) mass is 119 g/mol. The Balaban J connectivity index is 2.72. The van der Waals surface area contributed by atoms with E-state index in [1.54, 1.807) is 0 Å². The molecule has 0 fully saturated rings. The van der Waals surface area contributed by atoms with Crippen LogP contribution in [-0.2, 0) is 4.74 Å². The Labute approximate surface area is 49.4 Å². The van der Waals surface area contributed by atoms with E-state index >= 15 is 0 Å². The zero-order chi connectivity index (χ0) is 6.41. The summed E-state index contributed by atoms with van der Waals surface area (Å²) in [5.74, 6) is 0. The highest BCUT2D eigenvalue weighted by atomic mass is 16.5. The number of aliphatic hydroxyl groups is 1. The van der Waals surface area contributed by atoms with Gasteiger partial charge in [-0.2, -0.15) is 0 Å². The zero-order valence-electron chi connectivity index (χ0n) is 5.13. The first-order valence-electron chi connectivity index (χ1n) is 2.78. The van der Waals surface area contributed by atoms with Gasteiger partial charge in [-0.25, -0.2) is 0 Å². The Kier molecular flexibility index (Phi) is 4.95. The summed E-state index contributed by atoms with van der Waals surface area (Å²) in [6.07, 6.45) is -0.199. The van der Waals surface area contributed by atoms with E-state index in [4.69, 9.17) is 15.6 Å². The van der Waals surface area contributed by atoms with E-state index in [0.29, 0.717) is 19.6 Å². The highest BCUT2D eigenvalue weighted by Gasteiger charge is 1.92. The minimum absolute atomic E-state index is 0.522. The summed E-state index contributed by atoms with van der Waals surface area (Å²) < 4.78 is 4.90. The van der Waals surface area contributed by atoms with E-state index in [1.807, 2.05) is 6.92 Å². The van der Waals surface area contributed by atoms with E-state index in [-0.39, 0.29) is 0 Å². The van der Waals surface area contributed by atoms with Crippen LogP contribution in [0.5, 0.6) is 0 Å². The maximum atomic E-state index is 8.48. The van der Waals surface area contributed by atoms with Crippen LogP contribution in [0.4, 0.5) is 0 Å². The molecule has 8 heavy (non-hydrogen) atoms. The zero-order valence-corrected chi connectivity index (χ0v) is 5.13. The molecule has 0 radical (unpaired) electrons. The molecule has 0 bridgehead atoms. The average molecular weight is 119 g/mol. The second-order valence-electron chi connectivity index (χ2n) is 1.55. The number of nitrogens with two attached hydrogens (primary N) is 1. The topological polar surface area (TPSA) is 55.5 Å². The van der Waals surface area contributed by atoms with Crippen LogP contribution in [0.2, 0.25) is 0 Å². The summed E-state index contributed by atoms with van der Waals surface area (Å²) in [6, 6.07) is 0. The lowest BCUT2D eigenvalue weighted by Gasteiger charge is -2.02. The van der Waals surface area contributed by atoms with E-state index in [9.17, 15) is 0 Å². The van der Waals surface area contributed by atoms with Crippen molar-refractivity contribution in [2.75, 3.05) is 13.2 Å². The molecule has 0 amide bonds. The van der Waals surface area contributed by atoms with Gasteiger partial charge >= 0.3 is 0 Å². The molecular weight excluding hydrogens is 106 g/mol. The van der Waals surface area contributed by atoms with Gasteiger partial charge in [-0.05, 0) is 6.92 Å². The predicted octanol–water partition coefficient (Wildman–Crippen LogP) is -0.310. The summed E-state index contributed by atoms with van der Waals surface area (Å²) >= 11 is 0. The Morgan fingerprint density at radius 2 is 2.38 bits per heavy atom. The van der Waals surface area contributed by atoms with Crippen molar-refractivity contribution in [2.24, 2.45) is 5.73 Å². The molecule has 0 aliphatic carbocycles. The Hall–Kier alpha value is -0.120. The lowest BCUT2D eigenvalue weighted by molar-refractivity contribution is 0.0917. The molecule has 0 rings (SSSR count). The maximum absolute atomic E-state index is 8.48. The first-order chi connectivity index (χ1) is 3.77. The van der Waals surface area contributed by atoms with Crippen molar-refractivity contribution in [3.63, 3.8) is 0 Å². The van der Waals surface area contributed by atoms with E-state index in [2.05, 4.69) is 0 Å². The van der Waals surface area contributed by atoms with Crippen LogP contribution in [0, 0.1) is 0 Å². The van der Waals surface area contributed by atoms with Gasteiger partial charge in [0.2, 0.25) is 0 Å². The molecule has 0 heterocycles. The quantitative estimate of drug-likeness (QED) is 0.394. The fraction of sp³-hybridized carbons (Fsp3) is 1.00. The van der Waals surface area contributed by atoms with Crippen molar-refractivity contribution in [1.82, 2.24) is 0 Å². The first-order valence-corrected chi connectivity index (χ1v) is 2.78. The van der Waals surface area contributed by atoms with Crippen LogP contribution in [0.3, 0.4) is 0 Å². The third-order valence-electron chi connectivity index (χ3n) is 0.762. The molecule has 0 saturated heterocycles. The second kappa shape index (κ2) is 5.03. The molecule has 0 aromatic carbocycles. The van der Waals surface area contributed by atoms with Crippen LogP contribution in [0.1, 0.15) is 13.3 Å². The van der Waals surface area contributed by atoms with E-state index in [1.165, 1.54) is 0 Å². The molecule has 0 spiro atoms. The van der Waals surface area contributed by atoms with E-state index < -0.39 is 6.23 Å². The van der Waals surface area contributed by atoms with Gasteiger partial charge in [-0.15, -0.1) is 0 Å². The summed E-state index contributed by atoms with van der Waals surface area (Å²) in [5, 5.41) is 8.48. The molecule has 50 valence electrons. The smallest absolute Gasteiger partial charge is 0.104 e. The SMILES string of the molecule is CCOCCC(N)O. The van der Waals surface area contributed by atoms with Crippen molar-refractivity contribution >= 4 is 0 Å². The highest BCUT2D eigenvalue weighted by Crippen LogP contribution is 1.83. The molecule has 3 N–H and O–H groups in total. The molecule has 0 aliphatic heterocycles. The molecule has 3 heteroatoms. The maximum Gasteiger partial charge on any atom is 0.104 e. The van der Waals surface area contributed by atoms with Crippen molar-refractivity contribution in [3.8, 4) is 0 Å². The lowest BCUT2D eigenvalue weighted by Crippen LogP contribution is -2.20. The molecule has 3 nitrogen and oxygen atoms in total. The van der Waals surface area contributed by atoms with Crippen molar-refractivity contribution in [2.45, 2.75) is 19.6 Å². The van der Waals surface area contributed by atoms with Gasteiger partial charge in [-0.3, -0.25) is 0 Å². The van der Waals surface area contributed by atoms with Crippen LogP contribution in [0.25, 0.3) is 0 Å². The van der Waals surface area contributed by atoms with Crippen LogP contribution >= 0.6 is 0 Å². The molecule has 1 unspecified atom stereocenters. The van der Waals surface area contributed by atoms with Gasteiger partial charge in [0.1, 0.15) is 6.23 Å². The molecule has 0 aromatic rings. The van der Waals surface area contributed by atoms with Crippen molar-refractivity contribution < 1.29 is 9.84 Å². The minimum atomic E-state index is -0.721. The Bertz CT molecular complexity index is 47.7. The van der Waals surface area contributed by atoms with Crippen LogP contribution < -0.4 is 5.73 Å². The average Bonchev–Trinajstić information content (AvgIpc) is 1.66. The second-order valence-corrected chi connectivity index (χ2v) is 1.55. The lowest BCUT2D eigenvalue weighted by atomic mass is 10.4. The third-order valence-corrected chi connectivity index (χ3v) is 0.762. The van der Waals surface area contributed by atoms with Gasteiger partial charge in [0.15, 0.2) is 0 Å². The highest BCUT2D eigenvalue weighted by molar-refractivity contribution is 4.40. The van der Waals surface area contributed by atoms with E-state index in [0.717, 1.165) is 0 Å². The third kappa shape index (κ3) is 5.88. The summed E-state index contributed by atoms with van der Waals surface area (Å²) in [6.45, 7) is 3.14. The van der Waals surface area contributed by atoms with Crippen LogP contribution in [-0.4, -0.2) is 24.5 Å². The summed E-state index contributed by atoms with van der Waals surface area (Å²) in [7, 11) is 0. The predicted molar refractivity (Wildman–Crippen MR) is 31.3 cm³/mol. The molecule has 0 saturated carbocycles. The standard InChI is InChI=1S/C5H13NO2/c1-2-8-4-3-5(6)7/h5,7H,2-4,6H2,1H3. The summed E-state index contributed by atoms with van der Waals surface area (Å²) in [4.78, 5) is 0. The van der Waals surface area contributed by atoms with Gasteiger partial charge < -0.3 is 15.6 Å². The normalized spacial score (nSPS) is 13.9. The molecule has 0 aliphatic rings. The summed E-state index contributed by atoms with van der Waals surface area (Å²) in [5.41, 5.74) is 5.01. The number of aliphatic hydroxyl groups excluding tert-OH is 1. The number of ether oxygens (including phenoxy) is 1. The van der Waals surface area contributed by atoms with Gasteiger partial charge in [0.25, 0.3) is 0 Å². The molecular formula is C5H13NO2. The fourth-order valence-electron chi connectivity index (χ4n) is 0.348. The molecule has 1 atom stereocenters. The largest absolute Gasteiger partial charge is 0.382 e. The van der Waals surface area contributed by atoms with Crippen LogP contribution in [0.15, 0.2) is 0 Å². The van der Waals surface area contributed by atoms with Gasteiger partial charge in [0.05, 0.1) is 6.61 Å². The Morgan fingerprint density at radius 1 is 1.75 bits per heavy atom. The van der Waals surface area contributed by atoms with Crippen molar-refractivity contribution in [3.05, 3.63) is 0 Å². The number of rotatable bonds is 4. The fourth-order valence-corrected chi connectivity index (χ4v) is 0.348. The van der Waals surface area contributed by atoms with Crippen molar-refractivity contribution in [1.29, 1.82) is 0 Å². The minimum Gasteiger partial charge on any atom is -0.382 e. The first kappa shape index (κ1) is 7.88. The Morgan fingerprint density at radius 3 is 2.75 bits per heavy atom.